The van der Waals surface area contributed by atoms with Crippen LogP contribution in [0.4, 0.5) is 0 Å². The van der Waals surface area contributed by atoms with Crippen molar-refractivity contribution in [1.29, 1.82) is 0 Å². The van der Waals surface area contributed by atoms with Gasteiger partial charge in [0.15, 0.2) is 5.76 Å². The molecule has 0 radical (unpaired) electrons. The van der Waals surface area contributed by atoms with E-state index in [9.17, 15) is 4.79 Å². The number of rotatable bonds is 3. The van der Waals surface area contributed by atoms with Gasteiger partial charge in [0.1, 0.15) is 5.58 Å². The van der Waals surface area contributed by atoms with Crippen LogP contribution in [-0.2, 0) is 11.8 Å². The second-order valence-electron chi connectivity index (χ2n) is 6.51. The standard InChI is InChI=1S/C18H20N4O3/c1-11-5-4-6-12-7-15(25-17(11)12)18(23)22-8-13(16(10-22)24-3)14-9-21(2)20-19-14/h4-7,9,13,16H,8,10H2,1-3H3/t13-,16+/m0/s1. The lowest BCUT2D eigenvalue weighted by atomic mass is 10.0. The molecule has 1 aliphatic heterocycles. The molecule has 0 saturated carbocycles. The third-order valence-electron chi connectivity index (χ3n) is 4.81. The Kier molecular flexibility index (Phi) is 3.80. The van der Waals surface area contributed by atoms with E-state index in [2.05, 4.69) is 10.3 Å². The van der Waals surface area contributed by atoms with Gasteiger partial charge in [0.2, 0.25) is 0 Å². The molecule has 0 unspecified atom stereocenters. The fraction of sp³-hybridized carbons (Fsp3) is 0.389. The summed E-state index contributed by atoms with van der Waals surface area (Å²) >= 11 is 0. The van der Waals surface area contributed by atoms with E-state index in [1.165, 1.54) is 0 Å². The summed E-state index contributed by atoms with van der Waals surface area (Å²) in [5.74, 6) is 0.247. The van der Waals surface area contributed by atoms with Crippen molar-refractivity contribution in [2.24, 2.45) is 7.05 Å². The fourth-order valence-electron chi connectivity index (χ4n) is 3.47. The number of amides is 1. The highest BCUT2D eigenvalue weighted by Crippen LogP contribution is 2.30. The number of furan rings is 1. The van der Waals surface area contributed by atoms with Crippen LogP contribution in [0.3, 0.4) is 0 Å². The Morgan fingerprint density at radius 3 is 2.88 bits per heavy atom. The SMILES string of the molecule is CO[C@@H]1CN(C(=O)c2cc3cccc(C)c3o2)C[C@H]1c1cn(C)nn1. The lowest BCUT2D eigenvalue weighted by molar-refractivity contribution is 0.0689. The summed E-state index contributed by atoms with van der Waals surface area (Å²) in [6, 6.07) is 7.69. The summed E-state index contributed by atoms with van der Waals surface area (Å²) in [6.45, 7) is 3.01. The zero-order valence-electron chi connectivity index (χ0n) is 14.5. The maximum absolute atomic E-state index is 12.9. The highest BCUT2D eigenvalue weighted by molar-refractivity contribution is 5.96. The van der Waals surface area contributed by atoms with E-state index >= 15 is 0 Å². The fourth-order valence-corrected chi connectivity index (χ4v) is 3.47. The predicted octanol–water partition coefficient (Wildman–Crippen LogP) is 2.12. The van der Waals surface area contributed by atoms with Gasteiger partial charge in [-0.2, -0.15) is 0 Å². The molecule has 3 aromatic rings. The summed E-state index contributed by atoms with van der Waals surface area (Å²) in [7, 11) is 3.49. The number of hydrogen-bond donors (Lipinski definition) is 0. The quantitative estimate of drug-likeness (QED) is 0.730. The molecule has 0 bridgehead atoms. The average molecular weight is 340 g/mol. The zero-order chi connectivity index (χ0) is 17.6. The van der Waals surface area contributed by atoms with Crippen LogP contribution in [0.25, 0.3) is 11.0 Å². The number of benzene rings is 1. The Balaban J connectivity index is 1.60. The van der Waals surface area contributed by atoms with Crippen LogP contribution in [-0.4, -0.2) is 52.1 Å². The van der Waals surface area contributed by atoms with E-state index in [0.29, 0.717) is 18.8 Å². The summed E-state index contributed by atoms with van der Waals surface area (Å²) in [4.78, 5) is 14.7. The van der Waals surface area contributed by atoms with Gasteiger partial charge in [-0.25, -0.2) is 0 Å². The van der Waals surface area contributed by atoms with Crippen molar-refractivity contribution in [2.75, 3.05) is 20.2 Å². The van der Waals surface area contributed by atoms with Crippen molar-refractivity contribution in [3.05, 3.63) is 47.5 Å². The minimum Gasteiger partial charge on any atom is -0.451 e. The van der Waals surface area contributed by atoms with E-state index in [4.69, 9.17) is 9.15 Å². The predicted molar refractivity (Wildman–Crippen MR) is 91.4 cm³/mol. The minimum absolute atomic E-state index is 0.00812. The zero-order valence-corrected chi connectivity index (χ0v) is 14.5. The lowest BCUT2D eigenvalue weighted by Crippen LogP contribution is -2.29. The Morgan fingerprint density at radius 1 is 1.36 bits per heavy atom. The molecular weight excluding hydrogens is 320 g/mol. The Bertz CT molecular complexity index is 929. The largest absolute Gasteiger partial charge is 0.451 e. The topological polar surface area (TPSA) is 73.4 Å². The molecule has 1 amide bonds. The van der Waals surface area contributed by atoms with E-state index in [-0.39, 0.29) is 17.9 Å². The van der Waals surface area contributed by atoms with Gasteiger partial charge < -0.3 is 14.1 Å². The van der Waals surface area contributed by atoms with Gasteiger partial charge in [-0.15, -0.1) is 5.10 Å². The minimum atomic E-state index is -0.121. The molecule has 4 rings (SSSR count). The van der Waals surface area contributed by atoms with Crippen LogP contribution in [0.2, 0.25) is 0 Å². The van der Waals surface area contributed by atoms with Crippen LogP contribution in [0.15, 0.2) is 34.9 Å². The van der Waals surface area contributed by atoms with Gasteiger partial charge in [0.05, 0.1) is 17.7 Å². The van der Waals surface area contributed by atoms with Gasteiger partial charge in [-0.1, -0.05) is 23.4 Å². The van der Waals surface area contributed by atoms with E-state index in [1.807, 2.05) is 44.4 Å². The second kappa shape index (κ2) is 6.00. The molecule has 0 N–H and O–H groups in total. The highest BCUT2D eigenvalue weighted by Gasteiger charge is 2.39. The van der Waals surface area contributed by atoms with E-state index in [0.717, 1.165) is 22.2 Å². The van der Waals surface area contributed by atoms with Crippen LogP contribution in [0, 0.1) is 6.92 Å². The Labute approximate surface area is 145 Å². The van der Waals surface area contributed by atoms with Crippen molar-refractivity contribution >= 4 is 16.9 Å². The van der Waals surface area contributed by atoms with Crippen molar-refractivity contribution in [2.45, 2.75) is 18.9 Å². The third-order valence-corrected chi connectivity index (χ3v) is 4.81. The number of aromatic nitrogens is 3. The van der Waals surface area contributed by atoms with Crippen molar-refractivity contribution in [1.82, 2.24) is 19.9 Å². The molecule has 0 aliphatic carbocycles. The van der Waals surface area contributed by atoms with Gasteiger partial charge in [0, 0.05) is 38.8 Å². The summed E-state index contributed by atoms with van der Waals surface area (Å²) < 4.78 is 13.1. The maximum atomic E-state index is 12.9. The number of para-hydroxylation sites is 1. The van der Waals surface area contributed by atoms with Crippen molar-refractivity contribution < 1.29 is 13.9 Å². The normalized spacial score (nSPS) is 20.5. The smallest absolute Gasteiger partial charge is 0.289 e. The number of carbonyl (C=O) groups excluding carboxylic acids is 1. The molecule has 1 aliphatic rings. The molecule has 1 aromatic carbocycles. The first-order chi connectivity index (χ1) is 12.1. The van der Waals surface area contributed by atoms with Gasteiger partial charge in [-0.3, -0.25) is 9.48 Å². The first-order valence-corrected chi connectivity index (χ1v) is 8.24. The molecule has 130 valence electrons. The molecular formula is C18H20N4O3. The Morgan fingerprint density at radius 2 is 2.20 bits per heavy atom. The number of hydrogen-bond acceptors (Lipinski definition) is 5. The molecule has 7 heteroatoms. The van der Waals surface area contributed by atoms with Gasteiger partial charge in [-0.05, 0) is 18.6 Å². The van der Waals surface area contributed by atoms with E-state index in [1.54, 1.807) is 16.7 Å². The second-order valence-corrected chi connectivity index (χ2v) is 6.51. The number of nitrogens with zero attached hydrogens (tertiary/aromatic N) is 4. The molecule has 3 heterocycles. The average Bonchev–Trinajstić information content (AvgIpc) is 3.31. The number of likely N-dealkylation sites (tertiary alicyclic amines) is 1. The maximum Gasteiger partial charge on any atom is 0.289 e. The molecule has 2 aromatic heterocycles. The third kappa shape index (κ3) is 2.70. The Hall–Kier alpha value is -2.67. The number of ether oxygens (including phenoxy) is 1. The first kappa shape index (κ1) is 15.8. The summed E-state index contributed by atoms with van der Waals surface area (Å²) in [6.07, 6.45) is 1.77. The van der Waals surface area contributed by atoms with Crippen LogP contribution in [0.5, 0.6) is 0 Å². The summed E-state index contributed by atoms with van der Waals surface area (Å²) in [5, 5.41) is 9.11. The highest BCUT2D eigenvalue weighted by atomic mass is 16.5. The van der Waals surface area contributed by atoms with Gasteiger partial charge in [0.25, 0.3) is 5.91 Å². The number of aryl methyl sites for hydroxylation is 2. The molecule has 1 fully saturated rings. The number of fused-ring (bicyclic) bond motifs is 1. The van der Waals surface area contributed by atoms with E-state index < -0.39 is 0 Å². The van der Waals surface area contributed by atoms with Crippen LogP contribution < -0.4 is 0 Å². The number of carbonyl (C=O) groups is 1. The molecule has 0 spiro atoms. The van der Waals surface area contributed by atoms with Crippen molar-refractivity contribution in [3.63, 3.8) is 0 Å². The molecule has 2 atom stereocenters. The monoisotopic (exact) mass is 340 g/mol. The lowest BCUT2D eigenvalue weighted by Gasteiger charge is -2.13. The first-order valence-electron chi connectivity index (χ1n) is 8.24. The van der Waals surface area contributed by atoms with Crippen LogP contribution in [0.1, 0.15) is 27.7 Å². The van der Waals surface area contributed by atoms with Crippen LogP contribution >= 0.6 is 0 Å². The molecule has 1 saturated heterocycles. The number of methoxy groups -OCH3 is 1. The molecule has 25 heavy (non-hydrogen) atoms. The van der Waals surface area contributed by atoms with Gasteiger partial charge >= 0.3 is 0 Å². The molecule has 7 nitrogen and oxygen atoms in total. The van der Waals surface area contributed by atoms with Crippen molar-refractivity contribution in [3.8, 4) is 0 Å². The summed E-state index contributed by atoms with van der Waals surface area (Å²) in [5.41, 5.74) is 2.62.